The van der Waals surface area contributed by atoms with E-state index < -0.39 is 0 Å². The first-order valence-electron chi connectivity index (χ1n) is 10.9. The highest BCUT2D eigenvalue weighted by atomic mass is 16.5. The number of rotatable bonds is 7. The van der Waals surface area contributed by atoms with E-state index >= 15 is 0 Å². The van der Waals surface area contributed by atoms with Crippen LogP contribution in [0.1, 0.15) is 16.7 Å². The quantitative estimate of drug-likeness (QED) is 0.675. The van der Waals surface area contributed by atoms with Crippen LogP contribution in [0, 0.1) is 13.8 Å². The first kappa shape index (κ1) is 22.0. The fourth-order valence-electron chi connectivity index (χ4n) is 4.18. The molecule has 4 rings (SSSR count). The van der Waals surface area contributed by atoms with E-state index in [1.807, 2.05) is 38.1 Å². The molecule has 7 heteroatoms. The largest absolute Gasteiger partial charge is 0.497 e. The van der Waals surface area contributed by atoms with Gasteiger partial charge in [0.15, 0.2) is 0 Å². The van der Waals surface area contributed by atoms with Gasteiger partial charge in [-0.25, -0.2) is 0 Å². The molecule has 2 heterocycles. The average molecular weight is 436 g/mol. The number of nitrogens with one attached hydrogen (secondary N) is 1. The molecule has 7 nitrogen and oxygen atoms in total. The lowest BCUT2D eigenvalue weighted by atomic mass is 10.0. The molecule has 32 heavy (non-hydrogen) atoms. The predicted octanol–water partition coefficient (Wildman–Crippen LogP) is 2.84. The number of anilines is 1. The molecule has 2 aliphatic heterocycles. The number of hydrogen-bond donors (Lipinski definition) is 1. The molecule has 2 aromatic rings. The molecule has 0 spiro atoms. The molecule has 0 aliphatic carbocycles. The summed E-state index contributed by atoms with van der Waals surface area (Å²) in [4.78, 5) is 30.4. The van der Waals surface area contributed by atoms with Crippen LogP contribution in [-0.4, -0.2) is 68.1 Å². The second kappa shape index (κ2) is 9.54. The standard InChI is InChI=1S/C25H29N3O4/c1-17-14-18(2)16-20(15-17)26-23-22(19-4-6-21(31-3)7-5-19)24(29)28(25(23)30)9-8-27-10-12-32-13-11-27/h4-7,14-16,26H,8-13H2,1-3H3. The second-order valence-corrected chi connectivity index (χ2v) is 8.20. The number of nitrogens with zero attached hydrogens (tertiary/aromatic N) is 2. The van der Waals surface area contributed by atoms with Crippen molar-refractivity contribution in [2.45, 2.75) is 13.8 Å². The van der Waals surface area contributed by atoms with Crippen molar-refractivity contribution >= 4 is 23.1 Å². The van der Waals surface area contributed by atoms with E-state index in [2.05, 4.69) is 16.3 Å². The minimum atomic E-state index is -0.298. The van der Waals surface area contributed by atoms with Crippen LogP contribution in [0.25, 0.3) is 5.57 Å². The van der Waals surface area contributed by atoms with Gasteiger partial charge in [0, 0.05) is 31.9 Å². The molecule has 1 N–H and O–H groups in total. The number of hydrogen-bond acceptors (Lipinski definition) is 6. The fourth-order valence-corrected chi connectivity index (χ4v) is 4.18. The number of benzene rings is 2. The van der Waals surface area contributed by atoms with Crippen molar-refractivity contribution in [2.24, 2.45) is 0 Å². The van der Waals surface area contributed by atoms with Gasteiger partial charge in [0.05, 0.1) is 25.9 Å². The van der Waals surface area contributed by atoms with Crippen LogP contribution in [0.4, 0.5) is 5.69 Å². The highest BCUT2D eigenvalue weighted by molar-refractivity contribution is 6.36. The normalized spacial score (nSPS) is 17.3. The highest BCUT2D eigenvalue weighted by Gasteiger charge is 2.39. The molecule has 1 fully saturated rings. The number of morpholine rings is 1. The zero-order valence-corrected chi connectivity index (χ0v) is 18.8. The van der Waals surface area contributed by atoms with Gasteiger partial charge in [-0.3, -0.25) is 19.4 Å². The van der Waals surface area contributed by atoms with Crippen LogP contribution in [0.5, 0.6) is 5.75 Å². The van der Waals surface area contributed by atoms with Crippen LogP contribution in [-0.2, 0) is 14.3 Å². The topological polar surface area (TPSA) is 71.1 Å². The lowest BCUT2D eigenvalue weighted by molar-refractivity contribution is -0.137. The molecule has 0 aromatic heterocycles. The number of aryl methyl sites for hydroxylation is 2. The van der Waals surface area contributed by atoms with Crippen LogP contribution in [0.2, 0.25) is 0 Å². The van der Waals surface area contributed by atoms with Crippen LogP contribution in [0.3, 0.4) is 0 Å². The smallest absolute Gasteiger partial charge is 0.278 e. The summed E-state index contributed by atoms with van der Waals surface area (Å²) in [6, 6.07) is 13.2. The minimum absolute atomic E-state index is 0.277. The van der Waals surface area contributed by atoms with Crippen molar-refractivity contribution in [1.29, 1.82) is 0 Å². The Morgan fingerprint density at radius 1 is 0.938 bits per heavy atom. The molecule has 0 bridgehead atoms. The van der Waals surface area contributed by atoms with Gasteiger partial charge in [-0.15, -0.1) is 0 Å². The summed E-state index contributed by atoms with van der Waals surface area (Å²) in [5.41, 5.74) is 4.34. The van der Waals surface area contributed by atoms with Gasteiger partial charge < -0.3 is 14.8 Å². The van der Waals surface area contributed by atoms with Gasteiger partial charge in [-0.05, 0) is 54.8 Å². The minimum Gasteiger partial charge on any atom is -0.497 e. The van der Waals surface area contributed by atoms with Gasteiger partial charge in [-0.1, -0.05) is 18.2 Å². The summed E-state index contributed by atoms with van der Waals surface area (Å²) in [6.07, 6.45) is 0. The van der Waals surface area contributed by atoms with Gasteiger partial charge in [0.25, 0.3) is 11.8 Å². The summed E-state index contributed by atoms with van der Waals surface area (Å²) >= 11 is 0. The van der Waals surface area contributed by atoms with Crippen LogP contribution in [0.15, 0.2) is 48.2 Å². The van der Waals surface area contributed by atoms with E-state index in [4.69, 9.17) is 9.47 Å². The first-order chi connectivity index (χ1) is 15.5. The van der Waals surface area contributed by atoms with E-state index in [9.17, 15) is 9.59 Å². The van der Waals surface area contributed by atoms with E-state index in [-0.39, 0.29) is 11.8 Å². The molecule has 2 amide bonds. The lowest BCUT2D eigenvalue weighted by Gasteiger charge is -2.28. The number of carbonyl (C=O) groups is 2. The van der Waals surface area contributed by atoms with Gasteiger partial charge in [-0.2, -0.15) is 0 Å². The van der Waals surface area contributed by atoms with Gasteiger partial charge in [0.2, 0.25) is 0 Å². The number of imide groups is 1. The lowest BCUT2D eigenvalue weighted by Crippen LogP contribution is -2.43. The Kier molecular flexibility index (Phi) is 6.58. The molecule has 0 radical (unpaired) electrons. The molecule has 0 unspecified atom stereocenters. The van der Waals surface area contributed by atoms with Crippen molar-refractivity contribution in [3.05, 3.63) is 64.9 Å². The first-order valence-corrected chi connectivity index (χ1v) is 10.9. The molecule has 168 valence electrons. The molecule has 1 saturated heterocycles. The van der Waals surface area contributed by atoms with Crippen LogP contribution >= 0.6 is 0 Å². The Hall–Kier alpha value is -3.16. The number of carbonyl (C=O) groups excluding carboxylic acids is 2. The SMILES string of the molecule is COc1ccc(C2=C(Nc3cc(C)cc(C)c3)C(=O)N(CCN3CCOCC3)C2=O)cc1. The van der Waals surface area contributed by atoms with E-state index in [1.165, 1.54) is 4.90 Å². The Labute approximate surface area is 188 Å². The Morgan fingerprint density at radius 3 is 2.22 bits per heavy atom. The molecule has 2 aliphatic rings. The maximum absolute atomic E-state index is 13.4. The van der Waals surface area contributed by atoms with Crippen LogP contribution < -0.4 is 10.1 Å². The van der Waals surface area contributed by atoms with Crippen molar-refractivity contribution in [3.63, 3.8) is 0 Å². The summed E-state index contributed by atoms with van der Waals surface area (Å²) in [6.45, 7) is 7.96. The van der Waals surface area contributed by atoms with E-state index in [1.54, 1.807) is 19.2 Å². The predicted molar refractivity (Wildman–Crippen MR) is 123 cm³/mol. The zero-order valence-electron chi connectivity index (χ0n) is 18.8. The second-order valence-electron chi connectivity index (χ2n) is 8.20. The van der Waals surface area contributed by atoms with Gasteiger partial charge in [0.1, 0.15) is 11.4 Å². The summed E-state index contributed by atoms with van der Waals surface area (Å²) in [7, 11) is 1.60. The molecular weight excluding hydrogens is 406 g/mol. The molecule has 0 atom stereocenters. The monoisotopic (exact) mass is 435 g/mol. The number of ether oxygens (including phenoxy) is 2. The highest BCUT2D eigenvalue weighted by Crippen LogP contribution is 2.31. The van der Waals surface area contributed by atoms with Gasteiger partial charge >= 0.3 is 0 Å². The van der Waals surface area contributed by atoms with Crippen molar-refractivity contribution < 1.29 is 19.1 Å². The summed E-state index contributed by atoms with van der Waals surface area (Å²) in [5, 5.41) is 3.25. The van der Waals surface area contributed by atoms with Crippen molar-refractivity contribution in [3.8, 4) is 5.75 Å². The zero-order chi connectivity index (χ0) is 22.7. The molecular formula is C25H29N3O4. The average Bonchev–Trinajstić information content (AvgIpc) is 3.01. The number of methoxy groups -OCH3 is 1. The molecule has 2 aromatic carbocycles. The third-order valence-electron chi connectivity index (χ3n) is 5.78. The maximum atomic E-state index is 13.4. The Morgan fingerprint density at radius 2 is 1.59 bits per heavy atom. The summed E-state index contributed by atoms with van der Waals surface area (Å²) in [5.74, 6) is 0.118. The maximum Gasteiger partial charge on any atom is 0.278 e. The van der Waals surface area contributed by atoms with Crippen molar-refractivity contribution in [2.75, 3.05) is 51.8 Å². The van der Waals surface area contributed by atoms with E-state index in [0.29, 0.717) is 48.9 Å². The number of amides is 2. The summed E-state index contributed by atoms with van der Waals surface area (Å²) < 4.78 is 10.6. The Balaban J connectivity index is 1.64. The third kappa shape index (κ3) is 4.69. The van der Waals surface area contributed by atoms with E-state index in [0.717, 1.165) is 29.9 Å². The van der Waals surface area contributed by atoms with Crippen molar-refractivity contribution in [1.82, 2.24) is 9.80 Å². The molecule has 0 saturated carbocycles. The third-order valence-corrected chi connectivity index (χ3v) is 5.78. The Bertz CT molecular complexity index is 1020. The fraction of sp³-hybridized carbons (Fsp3) is 0.360.